The molecule has 0 atom stereocenters. The first-order chi connectivity index (χ1) is 13.9. The minimum Gasteiger partial charge on any atom is -0.351 e. The Hall–Kier alpha value is -3.61. The van der Waals surface area contributed by atoms with Gasteiger partial charge in [0.05, 0.1) is 0 Å². The van der Waals surface area contributed by atoms with Crippen LogP contribution in [0.5, 0.6) is 0 Å². The second-order valence-corrected chi connectivity index (χ2v) is 7.01. The molecule has 3 aromatic rings. The SMILES string of the molecule is CC(C)c1ccc(NC(=O)C(=O)NCCNC(=O)c2cc3ccccc3[nH]2)cc1. The number of fused-ring (bicyclic) bond motifs is 1. The van der Waals surface area contributed by atoms with Gasteiger partial charge in [0, 0.05) is 29.7 Å². The van der Waals surface area contributed by atoms with E-state index in [1.54, 1.807) is 18.2 Å². The van der Waals surface area contributed by atoms with Crippen LogP contribution >= 0.6 is 0 Å². The molecule has 7 heteroatoms. The monoisotopic (exact) mass is 392 g/mol. The van der Waals surface area contributed by atoms with Crippen LogP contribution in [0, 0.1) is 0 Å². The van der Waals surface area contributed by atoms with Crippen molar-refractivity contribution in [2.45, 2.75) is 19.8 Å². The number of aromatic amines is 1. The molecule has 0 aliphatic rings. The molecule has 0 aliphatic carbocycles. The van der Waals surface area contributed by atoms with E-state index in [0.717, 1.165) is 16.5 Å². The maximum atomic E-state index is 12.2. The fourth-order valence-electron chi connectivity index (χ4n) is 2.86. The Bertz CT molecular complexity index is 989. The first kappa shape index (κ1) is 20.1. The van der Waals surface area contributed by atoms with Gasteiger partial charge in [0.25, 0.3) is 5.91 Å². The molecule has 0 saturated carbocycles. The summed E-state index contributed by atoms with van der Waals surface area (Å²) < 4.78 is 0. The van der Waals surface area contributed by atoms with Crippen molar-refractivity contribution < 1.29 is 14.4 Å². The molecule has 0 radical (unpaired) electrons. The lowest BCUT2D eigenvalue weighted by Crippen LogP contribution is -2.40. The van der Waals surface area contributed by atoms with E-state index in [4.69, 9.17) is 0 Å². The van der Waals surface area contributed by atoms with Crippen molar-refractivity contribution in [3.63, 3.8) is 0 Å². The van der Waals surface area contributed by atoms with E-state index >= 15 is 0 Å². The number of benzene rings is 2. The van der Waals surface area contributed by atoms with E-state index < -0.39 is 11.8 Å². The second kappa shape index (κ2) is 9.05. The van der Waals surface area contributed by atoms with E-state index in [1.807, 2.05) is 36.4 Å². The first-order valence-corrected chi connectivity index (χ1v) is 9.49. The highest BCUT2D eigenvalue weighted by Gasteiger charge is 2.14. The Balaban J connectivity index is 1.41. The molecule has 0 fully saturated rings. The van der Waals surface area contributed by atoms with Gasteiger partial charge < -0.3 is 20.9 Å². The Morgan fingerprint density at radius 1 is 0.897 bits per heavy atom. The number of para-hydroxylation sites is 1. The minimum atomic E-state index is -0.752. The zero-order chi connectivity index (χ0) is 20.8. The predicted molar refractivity (Wildman–Crippen MR) is 113 cm³/mol. The molecule has 0 bridgehead atoms. The van der Waals surface area contributed by atoms with Crippen molar-refractivity contribution in [3.05, 3.63) is 65.9 Å². The number of carbonyl (C=O) groups is 3. The van der Waals surface area contributed by atoms with E-state index in [9.17, 15) is 14.4 Å². The number of hydrogen-bond donors (Lipinski definition) is 4. The first-order valence-electron chi connectivity index (χ1n) is 9.49. The van der Waals surface area contributed by atoms with Crippen molar-refractivity contribution in [2.24, 2.45) is 0 Å². The molecule has 3 amide bonds. The summed E-state index contributed by atoms with van der Waals surface area (Å²) in [6.45, 7) is 4.51. The molecular formula is C22H24N4O3. The van der Waals surface area contributed by atoms with Crippen LogP contribution in [0.15, 0.2) is 54.6 Å². The molecule has 4 N–H and O–H groups in total. The van der Waals surface area contributed by atoms with Gasteiger partial charge in [-0.2, -0.15) is 0 Å². The molecule has 0 unspecified atom stereocenters. The van der Waals surface area contributed by atoms with Gasteiger partial charge in [-0.15, -0.1) is 0 Å². The van der Waals surface area contributed by atoms with Crippen LogP contribution in [0.1, 0.15) is 35.8 Å². The van der Waals surface area contributed by atoms with Gasteiger partial charge in [-0.1, -0.05) is 44.2 Å². The minimum absolute atomic E-state index is 0.143. The lowest BCUT2D eigenvalue weighted by molar-refractivity contribution is -0.136. The summed E-state index contributed by atoms with van der Waals surface area (Å²) in [5, 5.41) is 8.70. The Morgan fingerprint density at radius 3 is 2.28 bits per heavy atom. The molecule has 2 aromatic carbocycles. The van der Waals surface area contributed by atoms with E-state index in [-0.39, 0.29) is 19.0 Å². The number of rotatable bonds is 6. The van der Waals surface area contributed by atoms with Crippen LogP contribution in [0.3, 0.4) is 0 Å². The Kier molecular flexibility index (Phi) is 6.29. The molecule has 0 saturated heterocycles. The number of hydrogen-bond acceptors (Lipinski definition) is 3. The predicted octanol–water partition coefficient (Wildman–Crippen LogP) is 2.78. The van der Waals surface area contributed by atoms with Crippen molar-refractivity contribution in [1.29, 1.82) is 0 Å². The average Bonchev–Trinajstić information content (AvgIpc) is 3.15. The van der Waals surface area contributed by atoms with Crippen LogP contribution in [0.25, 0.3) is 10.9 Å². The number of H-pyrrole nitrogens is 1. The molecule has 29 heavy (non-hydrogen) atoms. The van der Waals surface area contributed by atoms with Crippen molar-refractivity contribution in [1.82, 2.24) is 15.6 Å². The number of amides is 3. The van der Waals surface area contributed by atoms with Crippen LogP contribution in [-0.2, 0) is 9.59 Å². The molecule has 150 valence electrons. The van der Waals surface area contributed by atoms with E-state index in [2.05, 4.69) is 34.8 Å². The number of carbonyl (C=O) groups excluding carboxylic acids is 3. The highest BCUT2D eigenvalue weighted by molar-refractivity contribution is 6.39. The van der Waals surface area contributed by atoms with Crippen LogP contribution in [-0.4, -0.2) is 35.8 Å². The van der Waals surface area contributed by atoms with Crippen LogP contribution < -0.4 is 16.0 Å². The quantitative estimate of drug-likeness (QED) is 0.383. The summed E-state index contributed by atoms with van der Waals surface area (Å²) in [7, 11) is 0. The standard InChI is InChI=1S/C22H24N4O3/c1-14(2)15-7-9-17(10-8-15)25-22(29)21(28)24-12-11-23-20(27)19-13-16-5-3-4-6-18(16)26-19/h3-10,13-14,26H,11-12H2,1-2H3,(H,23,27)(H,24,28)(H,25,29). The maximum Gasteiger partial charge on any atom is 0.313 e. The van der Waals surface area contributed by atoms with E-state index in [1.165, 1.54) is 0 Å². The van der Waals surface area contributed by atoms with Gasteiger partial charge in [-0.3, -0.25) is 14.4 Å². The molecular weight excluding hydrogens is 368 g/mol. The number of aromatic nitrogens is 1. The van der Waals surface area contributed by atoms with Gasteiger partial charge in [-0.25, -0.2) is 0 Å². The van der Waals surface area contributed by atoms with E-state index in [0.29, 0.717) is 17.3 Å². The molecule has 1 aromatic heterocycles. The fraction of sp³-hybridized carbons (Fsp3) is 0.227. The molecule has 1 heterocycles. The third kappa shape index (κ3) is 5.22. The van der Waals surface area contributed by atoms with Gasteiger partial charge >= 0.3 is 11.8 Å². The zero-order valence-electron chi connectivity index (χ0n) is 16.4. The highest BCUT2D eigenvalue weighted by atomic mass is 16.2. The van der Waals surface area contributed by atoms with Gasteiger partial charge in [0.2, 0.25) is 0 Å². The lowest BCUT2D eigenvalue weighted by atomic mass is 10.0. The molecule has 0 spiro atoms. The number of anilines is 1. The lowest BCUT2D eigenvalue weighted by Gasteiger charge is -2.09. The largest absolute Gasteiger partial charge is 0.351 e. The van der Waals surface area contributed by atoms with Crippen molar-refractivity contribution in [2.75, 3.05) is 18.4 Å². The fourth-order valence-corrected chi connectivity index (χ4v) is 2.86. The Labute approximate surface area is 168 Å². The zero-order valence-corrected chi connectivity index (χ0v) is 16.4. The normalized spacial score (nSPS) is 10.7. The second-order valence-electron chi connectivity index (χ2n) is 7.01. The molecule has 0 aliphatic heterocycles. The van der Waals surface area contributed by atoms with Crippen LogP contribution in [0.4, 0.5) is 5.69 Å². The summed E-state index contributed by atoms with van der Waals surface area (Å²) in [5.74, 6) is -1.38. The third-order valence-electron chi connectivity index (χ3n) is 4.51. The average molecular weight is 392 g/mol. The summed E-state index contributed by atoms with van der Waals surface area (Å²) in [6, 6.07) is 16.7. The summed E-state index contributed by atoms with van der Waals surface area (Å²) in [6.07, 6.45) is 0. The molecule has 3 rings (SSSR count). The van der Waals surface area contributed by atoms with Gasteiger partial charge in [0.1, 0.15) is 5.69 Å². The van der Waals surface area contributed by atoms with Crippen molar-refractivity contribution in [3.8, 4) is 0 Å². The van der Waals surface area contributed by atoms with Crippen molar-refractivity contribution >= 4 is 34.3 Å². The van der Waals surface area contributed by atoms with Gasteiger partial charge in [-0.05, 0) is 35.7 Å². The topological polar surface area (TPSA) is 103 Å². The summed E-state index contributed by atoms with van der Waals surface area (Å²) in [5.41, 5.74) is 3.03. The Morgan fingerprint density at radius 2 is 1.59 bits per heavy atom. The summed E-state index contributed by atoms with van der Waals surface area (Å²) in [4.78, 5) is 39.1. The maximum absolute atomic E-state index is 12.2. The third-order valence-corrected chi connectivity index (χ3v) is 4.51. The summed E-state index contributed by atoms with van der Waals surface area (Å²) >= 11 is 0. The smallest absolute Gasteiger partial charge is 0.313 e. The van der Waals surface area contributed by atoms with Crippen LogP contribution in [0.2, 0.25) is 0 Å². The molecule has 7 nitrogen and oxygen atoms in total. The number of nitrogens with one attached hydrogen (secondary N) is 4. The van der Waals surface area contributed by atoms with Gasteiger partial charge in [0.15, 0.2) is 0 Å². The highest BCUT2D eigenvalue weighted by Crippen LogP contribution is 2.17.